The zero-order valence-electron chi connectivity index (χ0n) is 25.6. The summed E-state index contributed by atoms with van der Waals surface area (Å²) in [6, 6.07) is 1.95. The molecule has 0 heterocycles. The number of nitrogens with one attached hydrogen (secondary N) is 1. The van der Waals surface area contributed by atoms with Crippen LogP contribution in [-0.2, 0) is 22.6 Å². The highest BCUT2D eigenvalue weighted by Crippen LogP contribution is 2.66. The zero-order valence-corrected chi connectivity index (χ0v) is 25.6. The van der Waals surface area contributed by atoms with E-state index in [-0.39, 0.29) is 29.6 Å². The zero-order chi connectivity index (χ0) is 31.0. The second-order valence-corrected chi connectivity index (χ2v) is 14.5. The van der Waals surface area contributed by atoms with Crippen molar-refractivity contribution < 1.29 is 34.8 Å². The Labute approximate surface area is 242 Å². The maximum absolute atomic E-state index is 14.4. The molecular formula is C32H48N2O7. The minimum atomic E-state index is -2.51. The second kappa shape index (κ2) is 10.4. The van der Waals surface area contributed by atoms with Crippen LogP contribution < -0.4 is 11.1 Å². The van der Waals surface area contributed by atoms with Crippen LogP contribution in [0.3, 0.4) is 0 Å². The van der Waals surface area contributed by atoms with E-state index >= 15 is 0 Å². The number of aliphatic hydroxyl groups is 3. The molecule has 1 amide bonds. The number of fused-ring (bicyclic) bond motifs is 3. The maximum atomic E-state index is 14.4. The first-order valence-corrected chi connectivity index (χ1v) is 14.9. The van der Waals surface area contributed by atoms with E-state index in [1.54, 1.807) is 6.92 Å². The SMILES string of the molecule is CC(C)CNCc1cc(C(C)C)c2c(c1O)C(=O)[C@@H]1C(O)[C@@]3(O)C(=O)[C@H](C(N)=O)C(O)[C@H](C(C)C)[C@@]3(C)C[C@@]1(C)C2. The first-order valence-electron chi connectivity index (χ1n) is 14.9. The summed E-state index contributed by atoms with van der Waals surface area (Å²) < 4.78 is 0. The Balaban J connectivity index is 1.92. The number of nitrogens with two attached hydrogens (primary N) is 1. The topological polar surface area (TPSA) is 170 Å². The molecule has 9 heteroatoms. The molecule has 41 heavy (non-hydrogen) atoms. The van der Waals surface area contributed by atoms with Gasteiger partial charge in [-0.1, -0.05) is 61.5 Å². The van der Waals surface area contributed by atoms with E-state index < -0.39 is 63.9 Å². The summed E-state index contributed by atoms with van der Waals surface area (Å²) in [5.41, 5.74) is 3.11. The number of benzene rings is 1. The van der Waals surface area contributed by atoms with Gasteiger partial charge in [0.25, 0.3) is 0 Å². The van der Waals surface area contributed by atoms with Crippen LogP contribution in [0.2, 0.25) is 0 Å². The lowest BCUT2D eigenvalue weighted by atomic mass is 9.39. The van der Waals surface area contributed by atoms with Crippen LogP contribution in [0.25, 0.3) is 0 Å². The Kier molecular flexibility index (Phi) is 8.04. The molecule has 3 aliphatic carbocycles. The van der Waals surface area contributed by atoms with Gasteiger partial charge in [0.2, 0.25) is 5.91 Å². The van der Waals surface area contributed by atoms with Crippen molar-refractivity contribution in [3.63, 3.8) is 0 Å². The average Bonchev–Trinajstić information content (AvgIpc) is 2.81. The van der Waals surface area contributed by atoms with Gasteiger partial charge in [-0.3, -0.25) is 14.4 Å². The third-order valence-electron chi connectivity index (χ3n) is 10.4. The van der Waals surface area contributed by atoms with Crippen LogP contribution in [-0.4, -0.2) is 62.3 Å². The smallest absolute Gasteiger partial charge is 0.230 e. The molecule has 2 fully saturated rings. The molecule has 1 aromatic rings. The Morgan fingerprint density at radius 2 is 1.73 bits per heavy atom. The highest BCUT2D eigenvalue weighted by atomic mass is 16.4. The monoisotopic (exact) mass is 572 g/mol. The molecule has 2 unspecified atom stereocenters. The number of Topliss-reactive ketones (excluding diaryl/α,β-unsaturated/α-hetero) is 2. The third-order valence-corrected chi connectivity index (χ3v) is 10.4. The number of amides is 1. The van der Waals surface area contributed by atoms with E-state index in [4.69, 9.17) is 5.73 Å². The molecule has 9 nitrogen and oxygen atoms in total. The Bertz CT molecular complexity index is 1260. The molecule has 8 atom stereocenters. The molecule has 1 aromatic carbocycles. The van der Waals surface area contributed by atoms with Crippen molar-refractivity contribution in [2.45, 2.75) is 98.5 Å². The second-order valence-electron chi connectivity index (χ2n) is 14.5. The van der Waals surface area contributed by atoms with Gasteiger partial charge in [0.05, 0.1) is 17.6 Å². The number of aliphatic hydroxyl groups excluding tert-OH is 2. The van der Waals surface area contributed by atoms with Gasteiger partial charge in [-0.05, 0) is 59.6 Å². The summed E-state index contributed by atoms with van der Waals surface area (Å²) >= 11 is 0. The van der Waals surface area contributed by atoms with Crippen LogP contribution in [0.5, 0.6) is 5.75 Å². The van der Waals surface area contributed by atoms with Gasteiger partial charge in [-0.25, -0.2) is 0 Å². The van der Waals surface area contributed by atoms with E-state index in [2.05, 4.69) is 19.2 Å². The lowest BCUT2D eigenvalue weighted by molar-refractivity contribution is -0.265. The molecule has 0 radical (unpaired) electrons. The third kappa shape index (κ3) is 4.46. The lowest BCUT2D eigenvalue weighted by Crippen LogP contribution is -2.79. The first-order chi connectivity index (χ1) is 18.8. The molecule has 4 rings (SSSR count). The van der Waals surface area contributed by atoms with Crippen molar-refractivity contribution in [2.24, 2.45) is 46.2 Å². The summed E-state index contributed by atoms with van der Waals surface area (Å²) in [7, 11) is 0. The van der Waals surface area contributed by atoms with Crippen molar-refractivity contribution in [3.8, 4) is 5.75 Å². The molecule has 7 N–H and O–H groups in total. The van der Waals surface area contributed by atoms with Crippen LogP contribution in [0.4, 0.5) is 0 Å². The minimum Gasteiger partial charge on any atom is -0.507 e. The molecule has 0 bridgehead atoms. The van der Waals surface area contributed by atoms with E-state index in [0.29, 0.717) is 30.0 Å². The number of primary amides is 1. The van der Waals surface area contributed by atoms with Crippen molar-refractivity contribution in [3.05, 3.63) is 28.3 Å². The number of carbonyl (C=O) groups is 3. The summed E-state index contributed by atoms with van der Waals surface area (Å²) in [4.78, 5) is 40.7. The number of aromatic hydroxyl groups is 1. The first kappa shape index (κ1) is 31.6. The number of ketones is 2. The van der Waals surface area contributed by atoms with E-state index in [0.717, 1.165) is 12.1 Å². The predicted molar refractivity (Wildman–Crippen MR) is 154 cm³/mol. The number of carbonyl (C=O) groups excluding carboxylic acids is 3. The molecule has 0 aliphatic heterocycles. The Hall–Kier alpha value is -2.33. The average molecular weight is 573 g/mol. The maximum Gasteiger partial charge on any atom is 0.230 e. The van der Waals surface area contributed by atoms with Crippen LogP contribution >= 0.6 is 0 Å². The summed E-state index contributed by atoms with van der Waals surface area (Å²) in [6.07, 6.45) is -2.85. The molecule has 0 saturated heterocycles. The summed E-state index contributed by atoms with van der Waals surface area (Å²) in [5.74, 6) is -6.38. The lowest BCUT2D eigenvalue weighted by Gasteiger charge is -2.66. The Morgan fingerprint density at radius 3 is 2.24 bits per heavy atom. The highest BCUT2D eigenvalue weighted by molar-refractivity contribution is 6.09. The van der Waals surface area contributed by atoms with Crippen molar-refractivity contribution in [2.75, 3.05) is 6.54 Å². The number of rotatable bonds is 7. The van der Waals surface area contributed by atoms with Crippen molar-refractivity contribution in [1.82, 2.24) is 5.32 Å². The van der Waals surface area contributed by atoms with Gasteiger partial charge in [0, 0.05) is 17.5 Å². The number of phenols is 1. The van der Waals surface area contributed by atoms with E-state index in [9.17, 15) is 34.8 Å². The molecule has 0 aromatic heterocycles. The molecule has 3 aliphatic rings. The number of hydrogen-bond donors (Lipinski definition) is 6. The van der Waals surface area contributed by atoms with Gasteiger partial charge in [-0.2, -0.15) is 0 Å². The van der Waals surface area contributed by atoms with Crippen LogP contribution in [0, 0.1) is 40.4 Å². The predicted octanol–water partition coefficient (Wildman–Crippen LogP) is 2.44. The minimum absolute atomic E-state index is 0.0417. The van der Waals surface area contributed by atoms with Gasteiger partial charge < -0.3 is 31.5 Å². The normalized spacial score (nSPS) is 36.9. The quantitative estimate of drug-likeness (QED) is 0.271. The van der Waals surface area contributed by atoms with E-state index in [1.165, 1.54) is 0 Å². The summed E-state index contributed by atoms with van der Waals surface area (Å²) in [5, 5.41) is 50.3. The number of hydrogen-bond acceptors (Lipinski definition) is 8. The van der Waals surface area contributed by atoms with E-state index in [1.807, 2.05) is 40.7 Å². The van der Waals surface area contributed by atoms with Gasteiger partial charge >= 0.3 is 0 Å². The van der Waals surface area contributed by atoms with Gasteiger partial charge in [0.1, 0.15) is 17.8 Å². The molecule has 0 spiro atoms. The molecule has 228 valence electrons. The summed E-state index contributed by atoms with van der Waals surface area (Å²) in [6.45, 7) is 16.5. The van der Waals surface area contributed by atoms with Crippen LogP contribution in [0.1, 0.15) is 94.8 Å². The van der Waals surface area contributed by atoms with Crippen molar-refractivity contribution >= 4 is 17.5 Å². The fourth-order valence-corrected chi connectivity index (χ4v) is 8.83. The van der Waals surface area contributed by atoms with Crippen molar-refractivity contribution in [1.29, 1.82) is 0 Å². The standard InChI is InChI=1S/C32H48N2O7/c1-14(2)11-34-12-17-9-18(15(3)4)19-10-30(7)13-31(8)22(16(5)6)26(37)21(29(33)40)27(38)32(31,41)28(39)23(30)25(36)20(19)24(17)35/h9,14-16,21-23,26,28,34-35,37,39,41H,10-13H2,1-8H3,(H2,33,40)/t21-,22+,23-,26?,28?,30-,31-,32+/m1/s1. The fraction of sp³-hybridized carbons (Fsp3) is 0.719. The van der Waals surface area contributed by atoms with Gasteiger partial charge in [-0.15, -0.1) is 0 Å². The largest absolute Gasteiger partial charge is 0.507 e. The van der Waals surface area contributed by atoms with Crippen LogP contribution in [0.15, 0.2) is 6.07 Å². The molecule has 2 saturated carbocycles. The number of phenolic OH excluding ortho intramolecular Hbond substituents is 1. The highest BCUT2D eigenvalue weighted by Gasteiger charge is 2.76. The molecular weight excluding hydrogens is 524 g/mol. The Morgan fingerprint density at radius 1 is 1.12 bits per heavy atom. The van der Waals surface area contributed by atoms with Gasteiger partial charge in [0.15, 0.2) is 17.2 Å². The fourth-order valence-electron chi connectivity index (χ4n) is 8.83.